The van der Waals surface area contributed by atoms with Gasteiger partial charge in [-0.25, -0.2) is 9.78 Å². The highest BCUT2D eigenvalue weighted by Gasteiger charge is 2.36. The number of ether oxygens (including phenoxy) is 1. The van der Waals surface area contributed by atoms with E-state index in [4.69, 9.17) is 16.3 Å². The molecule has 2 aromatic rings. The Kier molecular flexibility index (Phi) is 4.87. The van der Waals surface area contributed by atoms with Crippen LogP contribution in [0.1, 0.15) is 24.0 Å². The Bertz CT molecular complexity index is 922. The number of halogens is 1. The van der Waals surface area contributed by atoms with Crippen molar-refractivity contribution in [2.24, 2.45) is 0 Å². The number of hydrogen-bond donors (Lipinski definition) is 2. The molecular formula is C17H16ClN3O3S. The second-order valence-electron chi connectivity index (χ2n) is 5.48. The molecular weight excluding hydrogens is 362 g/mol. The zero-order valence-corrected chi connectivity index (χ0v) is 15.4. The summed E-state index contributed by atoms with van der Waals surface area (Å²) in [4.78, 5) is 32.3. The highest BCUT2D eigenvalue weighted by molar-refractivity contribution is 7.98. The lowest BCUT2D eigenvalue weighted by Gasteiger charge is -2.28. The van der Waals surface area contributed by atoms with Crippen molar-refractivity contribution in [3.63, 3.8) is 0 Å². The third-order valence-electron chi connectivity index (χ3n) is 4.02. The molecule has 2 N–H and O–H groups in total. The van der Waals surface area contributed by atoms with Gasteiger partial charge in [-0.05, 0) is 30.9 Å². The molecule has 130 valence electrons. The molecule has 3 rings (SSSR count). The van der Waals surface area contributed by atoms with Gasteiger partial charge in [-0.1, -0.05) is 35.5 Å². The maximum atomic E-state index is 12.7. The largest absolute Gasteiger partial charge is 0.466 e. The summed E-state index contributed by atoms with van der Waals surface area (Å²) in [5, 5.41) is 4.13. The second-order valence-corrected chi connectivity index (χ2v) is 6.71. The number of carbonyl (C=O) groups is 1. The normalized spacial score (nSPS) is 16.2. The molecule has 1 atom stereocenters. The van der Waals surface area contributed by atoms with Crippen LogP contribution in [0.15, 0.2) is 45.5 Å². The number of anilines is 1. The van der Waals surface area contributed by atoms with Gasteiger partial charge in [-0.3, -0.25) is 4.79 Å². The van der Waals surface area contributed by atoms with Crippen LogP contribution in [0.25, 0.3) is 0 Å². The van der Waals surface area contributed by atoms with Gasteiger partial charge in [0, 0.05) is 10.7 Å². The van der Waals surface area contributed by atoms with Crippen molar-refractivity contribution >= 4 is 35.1 Å². The molecule has 0 bridgehead atoms. The fraction of sp³-hybridized carbons (Fsp3) is 0.235. The first-order valence-electron chi connectivity index (χ1n) is 7.46. The van der Waals surface area contributed by atoms with Crippen LogP contribution in [0.3, 0.4) is 0 Å². The number of aromatic nitrogens is 2. The molecule has 1 aromatic carbocycles. The van der Waals surface area contributed by atoms with Crippen molar-refractivity contribution in [3.05, 3.63) is 62.0 Å². The minimum absolute atomic E-state index is 0.296. The summed E-state index contributed by atoms with van der Waals surface area (Å²) in [5.41, 5.74) is 1.82. The molecule has 6 nitrogen and oxygen atoms in total. The summed E-state index contributed by atoms with van der Waals surface area (Å²) < 4.78 is 4.94. The van der Waals surface area contributed by atoms with E-state index >= 15 is 0 Å². The summed E-state index contributed by atoms with van der Waals surface area (Å²) in [5.74, 6) is -0.643. The summed E-state index contributed by atoms with van der Waals surface area (Å²) in [6.45, 7) is 1.76. The number of hydrogen-bond acceptors (Lipinski definition) is 6. The number of allylic oxidation sites excluding steroid dienone is 1. The fourth-order valence-corrected chi connectivity index (χ4v) is 3.40. The van der Waals surface area contributed by atoms with E-state index in [1.165, 1.54) is 18.9 Å². The van der Waals surface area contributed by atoms with Gasteiger partial charge in [0.05, 0.1) is 24.2 Å². The van der Waals surface area contributed by atoms with E-state index in [-0.39, 0.29) is 5.56 Å². The molecule has 0 spiro atoms. The molecule has 0 radical (unpaired) electrons. The maximum absolute atomic E-state index is 12.7. The van der Waals surface area contributed by atoms with Crippen LogP contribution < -0.4 is 10.9 Å². The van der Waals surface area contributed by atoms with Crippen molar-refractivity contribution in [3.8, 4) is 0 Å². The zero-order valence-electron chi connectivity index (χ0n) is 13.8. The first-order chi connectivity index (χ1) is 12.0. The quantitative estimate of drug-likeness (QED) is 0.485. The Morgan fingerprint density at radius 3 is 2.60 bits per heavy atom. The molecule has 2 heterocycles. The minimum Gasteiger partial charge on any atom is -0.466 e. The number of thioether (sulfide) groups is 1. The van der Waals surface area contributed by atoms with Gasteiger partial charge >= 0.3 is 5.97 Å². The van der Waals surface area contributed by atoms with Gasteiger partial charge in [0.1, 0.15) is 5.82 Å². The predicted octanol–water partition coefficient (Wildman–Crippen LogP) is 3.15. The van der Waals surface area contributed by atoms with Crippen LogP contribution in [-0.2, 0) is 9.53 Å². The standard InChI is InChI=1S/C17H16ClN3O3S/c1-8-11(16(23)24-2)12(9-4-6-10(18)7-5-9)13-14(19-8)20-17(25-3)21-15(13)22/h4-7,12H,1-3H3,(H2,19,20,21,22). The van der Waals surface area contributed by atoms with Gasteiger partial charge < -0.3 is 15.0 Å². The molecule has 0 saturated heterocycles. The Morgan fingerprint density at radius 2 is 2.00 bits per heavy atom. The van der Waals surface area contributed by atoms with Gasteiger partial charge in [-0.2, -0.15) is 0 Å². The molecule has 1 aliphatic rings. The molecule has 0 fully saturated rings. The minimum atomic E-state index is -0.590. The van der Waals surface area contributed by atoms with Crippen molar-refractivity contribution in [2.45, 2.75) is 18.0 Å². The first kappa shape index (κ1) is 17.6. The number of H-pyrrole nitrogens is 1. The van der Waals surface area contributed by atoms with Crippen molar-refractivity contribution in [1.82, 2.24) is 9.97 Å². The number of carbonyl (C=O) groups excluding carboxylic acids is 1. The van der Waals surface area contributed by atoms with E-state index in [0.29, 0.717) is 32.8 Å². The number of fused-ring (bicyclic) bond motifs is 1. The summed E-state index contributed by atoms with van der Waals surface area (Å²) in [6.07, 6.45) is 1.83. The highest BCUT2D eigenvalue weighted by atomic mass is 35.5. The number of esters is 1. The van der Waals surface area contributed by atoms with Crippen molar-refractivity contribution in [1.29, 1.82) is 0 Å². The molecule has 0 aliphatic carbocycles. The summed E-state index contributed by atoms with van der Waals surface area (Å²) in [6, 6.07) is 7.03. The lowest BCUT2D eigenvalue weighted by molar-refractivity contribution is -0.136. The van der Waals surface area contributed by atoms with Crippen molar-refractivity contribution < 1.29 is 9.53 Å². The van der Waals surface area contributed by atoms with E-state index < -0.39 is 11.9 Å². The fourth-order valence-electron chi connectivity index (χ4n) is 2.90. The molecule has 8 heteroatoms. The van der Waals surface area contributed by atoms with E-state index in [1.807, 2.05) is 6.26 Å². The van der Waals surface area contributed by atoms with Gasteiger partial charge in [0.2, 0.25) is 0 Å². The number of nitrogens with one attached hydrogen (secondary N) is 2. The van der Waals surface area contributed by atoms with E-state index in [2.05, 4.69) is 15.3 Å². The Morgan fingerprint density at radius 1 is 1.32 bits per heavy atom. The average molecular weight is 378 g/mol. The lowest BCUT2D eigenvalue weighted by atomic mass is 9.82. The number of aromatic amines is 1. The number of nitrogens with zero attached hydrogens (tertiary/aromatic N) is 1. The molecule has 1 aliphatic heterocycles. The Hall–Kier alpha value is -2.25. The summed E-state index contributed by atoms with van der Waals surface area (Å²) in [7, 11) is 1.32. The average Bonchev–Trinajstić information content (AvgIpc) is 2.60. The van der Waals surface area contributed by atoms with Crippen LogP contribution >= 0.6 is 23.4 Å². The smallest absolute Gasteiger partial charge is 0.336 e. The molecule has 1 aromatic heterocycles. The number of methoxy groups -OCH3 is 1. The molecule has 0 saturated carbocycles. The predicted molar refractivity (Wildman–Crippen MR) is 98.3 cm³/mol. The summed E-state index contributed by atoms with van der Waals surface area (Å²) >= 11 is 7.31. The Balaban J connectivity index is 2.28. The van der Waals surface area contributed by atoms with Gasteiger partial charge in [0.15, 0.2) is 5.16 Å². The van der Waals surface area contributed by atoms with Gasteiger partial charge in [0.25, 0.3) is 5.56 Å². The Labute approximate surface area is 153 Å². The molecule has 0 amide bonds. The molecule has 1 unspecified atom stereocenters. The third kappa shape index (κ3) is 3.17. The SMILES string of the molecule is COC(=O)C1=C(C)Nc2nc(SC)[nH]c(=O)c2C1c1ccc(Cl)cc1. The third-order valence-corrected chi connectivity index (χ3v) is 4.85. The van der Waals surface area contributed by atoms with Crippen LogP contribution in [0.2, 0.25) is 5.02 Å². The van der Waals surface area contributed by atoms with Crippen LogP contribution in [-0.4, -0.2) is 29.3 Å². The van der Waals surface area contributed by atoms with Crippen LogP contribution in [0.5, 0.6) is 0 Å². The zero-order chi connectivity index (χ0) is 18.1. The molecule has 25 heavy (non-hydrogen) atoms. The van der Waals surface area contributed by atoms with Crippen LogP contribution in [0.4, 0.5) is 5.82 Å². The monoisotopic (exact) mass is 377 g/mol. The highest BCUT2D eigenvalue weighted by Crippen LogP contribution is 2.40. The van der Waals surface area contributed by atoms with E-state index in [0.717, 1.165) is 5.56 Å². The number of benzene rings is 1. The number of rotatable bonds is 3. The first-order valence-corrected chi connectivity index (χ1v) is 9.06. The topological polar surface area (TPSA) is 84.1 Å². The lowest BCUT2D eigenvalue weighted by Crippen LogP contribution is -2.30. The van der Waals surface area contributed by atoms with Gasteiger partial charge in [-0.15, -0.1) is 0 Å². The van der Waals surface area contributed by atoms with E-state index in [9.17, 15) is 9.59 Å². The van der Waals surface area contributed by atoms with E-state index in [1.54, 1.807) is 31.2 Å². The maximum Gasteiger partial charge on any atom is 0.336 e. The van der Waals surface area contributed by atoms with Crippen LogP contribution in [0, 0.1) is 0 Å². The van der Waals surface area contributed by atoms with Crippen molar-refractivity contribution in [2.75, 3.05) is 18.7 Å². The second kappa shape index (κ2) is 6.93.